The molecule has 0 aliphatic heterocycles. The molecule has 0 spiro atoms. The van der Waals surface area contributed by atoms with Gasteiger partial charge in [0, 0.05) is 23.9 Å². The van der Waals surface area contributed by atoms with E-state index in [0.717, 1.165) is 17.5 Å². The maximum absolute atomic E-state index is 11.0. The third-order valence-electron chi connectivity index (χ3n) is 2.52. The van der Waals surface area contributed by atoms with E-state index in [1.54, 1.807) is 12.5 Å². The number of aromatic amines is 1. The summed E-state index contributed by atoms with van der Waals surface area (Å²) in [6.45, 7) is 0. The second-order valence-corrected chi connectivity index (χ2v) is 3.86. The second kappa shape index (κ2) is 5.77. The minimum atomic E-state index is -0.495. The van der Waals surface area contributed by atoms with E-state index in [4.69, 9.17) is 5.73 Å². The molecule has 3 N–H and O–H groups in total. The Morgan fingerprint density at radius 3 is 2.83 bits per heavy atom. The van der Waals surface area contributed by atoms with Crippen LogP contribution in [0.2, 0.25) is 0 Å². The first-order chi connectivity index (χ1) is 8.79. The van der Waals surface area contributed by atoms with Crippen LogP contribution in [0.5, 0.6) is 0 Å². The van der Waals surface area contributed by atoms with Crippen LogP contribution in [-0.2, 0) is 11.2 Å². The summed E-state index contributed by atoms with van der Waals surface area (Å²) in [6, 6.07) is 8.88. The molecule has 1 aromatic heterocycles. The first-order valence-corrected chi connectivity index (χ1v) is 5.61. The summed E-state index contributed by atoms with van der Waals surface area (Å²) >= 11 is 0. The van der Waals surface area contributed by atoms with Crippen molar-refractivity contribution < 1.29 is 4.79 Å². The van der Waals surface area contributed by atoms with Gasteiger partial charge in [-0.15, -0.1) is 0 Å². The van der Waals surface area contributed by atoms with Gasteiger partial charge in [0.1, 0.15) is 18.2 Å². The van der Waals surface area contributed by atoms with Crippen LogP contribution in [0.3, 0.4) is 0 Å². The zero-order valence-corrected chi connectivity index (χ0v) is 9.78. The van der Waals surface area contributed by atoms with Crippen LogP contribution in [0.15, 0.2) is 47.8 Å². The lowest BCUT2D eigenvalue weighted by molar-refractivity contribution is -0.108. The highest BCUT2D eigenvalue weighted by Gasteiger charge is 2.09. The standard InChI is InChI=1S/C13H14N4O/c14-13(10-4-2-1-3-5-10)17-12(8-18)6-11-7-15-9-16-11/h1-5,7-9,12H,6H2,(H2,14,17)(H,15,16)/t12-/m1/s1. The predicted molar refractivity (Wildman–Crippen MR) is 69.3 cm³/mol. The lowest BCUT2D eigenvalue weighted by Crippen LogP contribution is -2.20. The van der Waals surface area contributed by atoms with Crippen molar-refractivity contribution in [2.45, 2.75) is 12.5 Å². The molecule has 2 rings (SSSR count). The smallest absolute Gasteiger partial charge is 0.144 e. The Morgan fingerprint density at radius 2 is 2.22 bits per heavy atom. The number of aldehydes is 1. The Hall–Kier alpha value is -2.43. The van der Waals surface area contributed by atoms with Crippen molar-refractivity contribution in [1.82, 2.24) is 9.97 Å². The van der Waals surface area contributed by atoms with Crippen molar-refractivity contribution >= 4 is 12.1 Å². The molecule has 5 nitrogen and oxygen atoms in total. The van der Waals surface area contributed by atoms with E-state index in [1.165, 1.54) is 0 Å². The molecule has 2 aromatic rings. The molecule has 0 radical (unpaired) electrons. The van der Waals surface area contributed by atoms with E-state index in [0.29, 0.717) is 12.3 Å². The number of amidine groups is 1. The zero-order valence-electron chi connectivity index (χ0n) is 9.78. The summed E-state index contributed by atoms with van der Waals surface area (Å²) in [4.78, 5) is 22.1. The van der Waals surface area contributed by atoms with Crippen molar-refractivity contribution in [3.8, 4) is 0 Å². The molecule has 0 saturated heterocycles. The molecule has 92 valence electrons. The normalized spacial score (nSPS) is 13.2. The number of H-pyrrole nitrogens is 1. The van der Waals surface area contributed by atoms with Gasteiger partial charge in [0.05, 0.1) is 6.33 Å². The Morgan fingerprint density at radius 1 is 1.44 bits per heavy atom. The monoisotopic (exact) mass is 242 g/mol. The minimum Gasteiger partial charge on any atom is -0.383 e. The molecule has 5 heteroatoms. The van der Waals surface area contributed by atoms with Crippen LogP contribution in [0, 0.1) is 0 Å². The summed E-state index contributed by atoms with van der Waals surface area (Å²) in [7, 11) is 0. The summed E-state index contributed by atoms with van der Waals surface area (Å²) in [6.07, 6.45) is 4.50. The number of nitrogens with one attached hydrogen (secondary N) is 1. The van der Waals surface area contributed by atoms with Crippen molar-refractivity contribution in [3.05, 3.63) is 54.1 Å². The van der Waals surface area contributed by atoms with Crippen LogP contribution in [0.4, 0.5) is 0 Å². The number of nitrogens with two attached hydrogens (primary N) is 1. The van der Waals surface area contributed by atoms with E-state index in [2.05, 4.69) is 15.0 Å². The molecule has 0 aliphatic carbocycles. The van der Waals surface area contributed by atoms with Crippen molar-refractivity contribution in [2.24, 2.45) is 10.7 Å². The highest BCUT2D eigenvalue weighted by atomic mass is 16.1. The van der Waals surface area contributed by atoms with Crippen LogP contribution < -0.4 is 5.73 Å². The lowest BCUT2D eigenvalue weighted by Gasteiger charge is -2.06. The lowest BCUT2D eigenvalue weighted by atomic mass is 10.1. The SMILES string of the molecule is NC(=N[C@@H](C=O)Cc1cnc[nH]1)c1ccccc1. The number of carbonyl (C=O) groups excluding carboxylic acids is 1. The van der Waals surface area contributed by atoms with Crippen LogP contribution >= 0.6 is 0 Å². The summed E-state index contributed by atoms with van der Waals surface area (Å²) < 4.78 is 0. The Bertz CT molecular complexity index is 519. The molecule has 1 atom stereocenters. The highest BCUT2D eigenvalue weighted by molar-refractivity contribution is 5.98. The molecular weight excluding hydrogens is 228 g/mol. The number of hydrogen-bond donors (Lipinski definition) is 2. The second-order valence-electron chi connectivity index (χ2n) is 3.86. The van der Waals surface area contributed by atoms with Gasteiger partial charge in [-0.1, -0.05) is 30.3 Å². The summed E-state index contributed by atoms with van der Waals surface area (Å²) in [5.74, 6) is 0.368. The Kier molecular flexibility index (Phi) is 3.86. The molecule has 0 amide bonds. The van der Waals surface area contributed by atoms with Gasteiger partial charge in [-0.2, -0.15) is 0 Å². The minimum absolute atomic E-state index is 0.368. The number of rotatable bonds is 5. The number of nitrogens with zero attached hydrogens (tertiary/aromatic N) is 2. The fourth-order valence-electron chi connectivity index (χ4n) is 1.61. The van der Waals surface area contributed by atoms with E-state index < -0.39 is 6.04 Å². The number of carbonyl (C=O) groups is 1. The number of benzene rings is 1. The average Bonchev–Trinajstić information content (AvgIpc) is 2.91. The van der Waals surface area contributed by atoms with Gasteiger partial charge in [0.15, 0.2) is 0 Å². The fourth-order valence-corrected chi connectivity index (χ4v) is 1.61. The first-order valence-electron chi connectivity index (χ1n) is 5.61. The molecule has 1 heterocycles. The van der Waals surface area contributed by atoms with Gasteiger partial charge in [0.2, 0.25) is 0 Å². The van der Waals surface area contributed by atoms with Gasteiger partial charge in [-0.25, -0.2) is 4.98 Å². The molecule has 0 saturated carbocycles. The Balaban J connectivity index is 2.12. The van der Waals surface area contributed by atoms with E-state index >= 15 is 0 Å². The number of imidazole rings is 1. The first kappa shape index (κ1) is 12.0. The summed E-state index contributed by atoms with van der Waals surface area (Å²) in [5, 5.41) is 0. The fraction of sp³-hybridized carbons (Fsp3) is 0.154. The van der Waals surface area contributed by atoms with Gasteiger partial charge in [0.25, 0.3) is 0 Å². The molecule has 0 bridgehead atoms. The van der Waals surface area contributed by atoms with Crippen molar-refractivity contribution in [1.29, 1.82) is 0 Å². The predicted octanol–water partition coefficient (Wildman–Crippen LogP) is 0.925. The van der Waals surface area contributed by atoms with Crippen LogP contribution in [0.25, 0.3) is 0 Å². The highest BCUT2D eigenvalue weighted by Crippen LogP contribution is 2.03. The maximum Gasteiger partial charge on any atom is 0.144 e. The molecule has 0 aliphatic rings. The largest absolute Gasteiger partial charge is 0.383 e. The summed E-state index contributed by atoms with van der Waals surface area (Å²) in [5.41, 5.74) is 7.54. The topological polar surface area (TPSA) is 84.1 Å². The molecule has 18 heavy (non-hydrogen) atoms. The van der Waals surface area contributed by atoms with Gasteiger partial charge in [-0.3, -0.25) is 4.99 Å². The van der Waals surface area contributed by atoms with Gasteiger partial charge < -0.3 is 15.5 Å². The molecule has 0 unspecified atom stereocenters. The Labute approximate surface area is 105 Å². The van der Waals surface area contributed by atoms with Crippen molar-refractivity contribution in [2.75, 3.05) is 0 Å². The van der Waals surface area contributed by atoms with Gasteiger partial charge in [-0.05, 0) is 0 Å². The van der Waals surface area contributed by atoms with Gasteiger partial charge >= 0.3 is 0 Å². The van der Waals surface area contributed by atoms with Crippen molar-refractivity contribution in [3.63, 3.8) is 0 Å². The average molecular weight is 242 g/mol. The van der Waals surface area contributed by atoms with E-state index in [-0.39, 0.29) is 0 Å². The number of aromatic nitrogens is 2. The zero-order chi connectivity index (χ0) is 12.8. The molecule has 0 fully saturated rings. The molecule has 1 aromatic carbocycles. The molecular formula is C13H14N4O. The number of hydrogen-bond acceptors (Lipinski definition) is 3. The number of aliphatic imine (C=N–C) groups is 1. The van der Waals surface area contributed by atoms with E-state index in [1.807, 2.05) is 30.3 Å². The maximum atomic E-state index is 11.0. The third-order valence-corrected chi connectivity index (χ3v) is 2.52. The third kappa shape index (κ3) is 3.04. The van der Waals surface area contributed by atoms with Crippen LogP contribution in [-0.4, -0.2) is 28.1 Å². The quantitative estimate of drug-likeness (QED) is 0.464. The van der Waals surface area contributed by atoms with E-state index in [9.17, 15) is 4.79 Å². The van der Waals surface area contributed by atoms with Crippen LogP contribution in [0.1, 0.15) is 11.3 Å².